The maximum Gasteiger partial charge on any atom is 0.326 e. The molecule has 1 rings (SSSR count). The molecular weight excluding hydrogens is 323 g/mol. The predicted octanol–water partition coefficient (Wildman–Crippen LogP) is 1.85. The van der Waals surface area contributed by atoms with E-state index < -0.39 is 23.9 Å². The van der Waals surface area contributed by atoms with Gasteiger partial charge >= 0.3 is 11.9 Å². The number of amides is 1. The summed E-state index contributed by atoms with van der Waals surface area (Å²) in [5, 5.41) is 11.6. The second-order valence-electron chi connectivity index (χ2n) is 4.05. The second kappa shape index (κ2) is 7.90. The van der Waals surface area contributed by atoms with Crippen molar-refractivity contribution >= 4 is 41.0 Å². The summed E-state index contributed by atoms with van der Waals surface area (Å²) in [6.07, 6.45) is -0.195. The molecule has 0 radical (unpaired) electrons. The van der Waals surface area contributed by atoms with Crippen LogP contribution in [0.25, 0.3) is 0 Å². The summed E-state index contributed by atoms with van der Waals surface area (Å²) in [7, 11) is 0. The minimum Gasteiger partial charge on any atom is -0.480 e. The van der Waals surface area contributed by atoms with Gasteiger partial charge in [0.15, 0.2) is 0 Å². The number of H-pyrrole nitrogens is 1. The molecule has 21 heavy (non-hydrogen) atoms. The summed E-state index contributed by atoms with van der Waals surface area (Å²) in [6, 6.07) is 0.0616. The molecule has 3 N–H and O–H groups in total. The molecule has 7 nitrogen and oxygen atoms in total. The van der Waals surface area contributed by atoms with Crippen molar-refractivity contribution in [3.63, 3.8) is 0 Å². The highest BCUT2D eigenvalue weighted by Crippen LogP contribution is 2.21. The fraction of sp³-hybridized carbons (Fsp3) is 0.417. The lowest BCUT2D eigenvalue weighted by Gasteiger charge is -2.13. The first kappa shape index (κ1) is 17.3. The van der Waals surface area contributed by atoms with Crippen LogP contribution < -0.4 is 5.32 Å². The third-order valence-corrected chi connectivity index (χ3v) is 3.21. The van der Waals surface area contributed by atoms with Crippen LogP contribution >= 0.6 is 23.2 Å². The fourth-order valence-corrected chi connectivity index (χ4v) is 1.83. The Bertz CT molecular complexity index is 524. The molecule has 1 atom stereocenters. The molecule has 1 aromatic heterocycles. The minimum atomic E-state index is -1.25. The summed E-state index contributed by atoms with van der Waals surface area (Å²) in [6.45, 7) is 1.86. The van der Waals surface area contributed by atoms with Crippen LogP contribution in [0.3, 0.4) is 0 Å². The summed E-state index contributed by atoms with van der Waals surface area (Å²) in [4.78, 5) is 36.7. The second-order valence-corrected chi connectivity index (χ2v) is 4.84. The number of carbonyl (C=O) groups is 3. The third kappa shape index (κ3) is 5.28. The van der Waals surface area contributed by atoms with Gasteiger partial charge in [-0.05, 0) is 19.4 Å². The van der Waals surface area contributed by atoms with Gasteiger partial charge in [-0.2, -0.15) is 0 Å². The van der Waals surface area contributed by atoms with Crippen molar-refractivity contribution in [1.29, 1.82) is 0 Å². The van der Waals surface area contributed by atoms with E-state index in [-0.39, 0.29) is 35.3 Å². The monoisotopic (exact) mass is 336 g/mol. The number of aliphatic carboxylic acids is 1. The molecule has 0 aromatic carbocycles. The van der Waals surface area contributed by atoms with Gasteiger partial charge in [-0.15, -0.1) is 0 Å². The number of carbonyl (C=O) groups excluding carboxylic acids is 2. The minimum absolute atomic E-state index is 0.0346. The van der Waals surface area contributed by atoms with E-state index in [0.717, 1.165) is 0 Å². The number of carboxylic acids is 1. The lowest BCUT2D eigenvalue weighted by molar-refractivity contribution is -0.144. The number of aromatic nitrogens is 1. The molecule has 0 saturated heterocycles. The van der Waals surface area contributed by atoms with Gasteiger partial charge in [0.1, 0.15) is 16.9 Å². The number of halogens is 2. The standard InChI is InChI=1S/C12H14Cl2N2O5/c1-2-21-9(17)4-3-7(12(19)20)16-11(18)8-5-6(13)10(14)15-8/h5,7,15H,2-4H2,1H3,(H,16,18)(H,19,20)/t7-/m0/s1. The first-order valence-corrected chi connectivity index (χ1v) is 6.84. The average molecular weight is 337 g/mol. The molecule has 116 valence electrons. The van der Waals surface area contributed by atoms with Crippen molar-refractivity contribution in [2.45, 2.75) is 25.8 Å². The zero-order valence-electron chi connectivity index (χ0n) is 11.1. The molecule has 0 unspecified atom stereocenters. The zero-order chi connectivity index (χ0) is 16.0. The molecule has 0 spiro atoms. The number of hydrogen-bond acceptors (Lipinski definition) is 4. The Morgan fingerprint density at radius 2 is 2.10 bits per heavy atom. The number of rotatable bonds is 7. The maximum atomic E-state index is 11.9. The van der Waals surface area contributed by atoms with Crippen molar-refractivity contribution in [3.05, 3.63) is 21.9 Å². The molecule has 0 bridgehead atoms. The zero-order valence-corrected chi connectivity index (χ0v) is 12.6. The highest BCUT2D eigenvalue weighted by molar-refractivity contribution is 6.41. The van der Waals surface area contributed by atoms with E-state index in [9.17, 15) is 14.4 Å². The van der Waals surface area contributed by atoms with Gasteiger partial charge < -0.3 is 20.1 Å². The van der Waals surface area contributed by atoms with Gasteiger partial charge in [0.05, 0.1) is 11.6 Å². The third-order valence-electron chi connectivity index (χ3n) is 2.52. The van der Waals surface area contributed by atoms with E-state index in [4.69, 9.17) is 33.0 Å². The van der Waals surface area contributed by atoms with Crippen LogP contribution in [0, 0.1) is 0 Å². The van der Waals surface area contributed by atoms with Gasteiger partial charge in [0.2, 0.25) is 0 Å². The molecule has 9 heteroatoms. The van der Waals surface area contributed by atoms with Crippen LogP contribution in [0.2, 0.25) is 10.2 Å². The first-order valence-electron chi connectivity index (χ1n) is 6.08. The highest BCUT2D eigenvalue weighted by atomic mass is 35.5. The van der Waals surface area contributed by atoms with E-state index >= 15 is 0 Å². The SMILES string of the molecule is CCOC(=O)CC[C@H](NC(=O)c1cc(Cl)c(Cl)[nH]1)C(=O)O. The lowest BCUT2D eigenvalue weighted by atomic mass is 10.1. The van der Waals surface area contributed by atoms with E-state index in [1.165, 1.54) is 6.07 Å². The summed E-state index contributed by atoms with van der Waals surface area (Å²) < 4.78 is 4.70. The van der Waals surface area contributed by atoms with E-state index in [1.54, 1.807) is 6.92 Å². The Kier molecular flexibility index (Phi) is 6.51. The lowest BCUT2D eigenvalue weighted by Crippen LogP contribution is -2.41. The Balaban J connectivity index is 2.63. The van der Waals surface area contributed by atoms with Crippen molar-refractivity contribution in [2.24, 2.45) is 0 Å². The van der Waals surface area contributed by atoms with Gasteiger partial charge in [0, 0.05) is 6.42 Å². The summed E-state index contributed by atoms with van der Waals surface area (Å²) >= 11 is 11.4. The van der Waals surface area contributed by atoms with E-state index in [2.05, 4.69) is 10.3 Å². The van der Waals surface area contributed by atoms with E-state index in [0.29, 0.717) is 0 Å². The highest BCUT2D eigenvalue weighted by Gasteiger charge is 2.23. The van der Waals surface area contributed by atoms with Gasteiger partial charge in [-0.1, -0.05) is 23.2 Å². The topological polar surface area (TPSA) is 108 Å². The van der Waals surface area contributed by atoms with Gasteiger partial charge in [-0.25, -0.2) is 4.79 Å². The van der Waals surface area contributed by atoms with Gasteiger partial charge in [-0.3, -0.25) is 9.59 Å². The Morgan fingerprint density at radius 1 is 1.43 bits per heavy atom. The van der Waals surface area contributed by atoms with Crippen molar-refractivity contribution in [3.8, 4) is 0 Å². The molecule has 1 amide bonds. The largest absolute Gasteiger partial charge is 0.480 e. The van der Waals surface area contributed by atoms with Gasteiger partial charge in [0.25, 0.3) is 5.91 Å². The quantitative estimate of drug-likeness (QED) is 0.658. The first-order chi connectivity index (χ1) is 9.85. The Hall–Kier alpha value is -1.73. The molecule has 1 aromatic rings. The number of ether oxygens (including phenoxy) is 1. The normalized spacial score (nSPS) is 11.8. The van der Waals surface area contributed by atoms with Crippen LogP contribution in [0.15, 0.2) is 6.07 Å². The molecule has 0 aliphatic heterocycles. The van der Waals surface area contributed by atoms with Crippen LogP contribution in [0.5, 0.6) is 0 Å². The predicted molar refractivity (Wildman–Crippen MR) is 75.6 cm³/mol. The maximum absolute atomic E-state index is 11.9. The number of carboxylic acid groups (broad SMARTS) is 1. The number of aromatic amines is 1. The van der Waals surface area contributed by atoms with Crippen molar-refractivity contribution < 1.29 is 24.2 Å². The van der Waals surface area contributed by atoms with Crippen molar-refractivity contribution in [1.82, 2.24) is 10.3 Å². The van der Waals surface area contributed by atoms with E-state index in [1.807, 2.05) is 0 Å². The molecule has 0 aliphatic carbocycles. The van der Waals surface area contributed by atoms with Crippen LogP contribution in [-0.2, 0) is 14.3 Å². The molecule has 0 fully saturated rings. The molecule has 0 aliphatic rings. The number of nitrogens with one attached hydrogen (secondary N) is 2. The molecular formula is C12H14Cl2N2O5. The van der Waals surface area contributed by atoms with Crippen LogP contribution in [-0.4, -0.2) is 40.6 Å². The Labute approximate surface area is 130 Å². The molecule has 1 heterocycles. The number of hydrogen-bond donors (Lipinski definition) is 3. The van der Waals surface area contributed by atoms with Crippen molar-refractivity contribution in [2.75, 3.05) is 6.61 Å². The summed E-state index contributed by atoms with van der Waals surface area (Å²) in [5.41, 5.74) is 0.0346. The summed E-state index contributed by atoms with van der Waals surface area (Å²) in [5.74, 6) is -2.46. The molecule has 0 saturated carbocycles. The smallest absolute Gasteiger partial charge is 0.326 e. The Morgan fingerprint density at radius 3 is 2.57 bits per heavy atom. The average Bonchev–Trinajstić information content (AvgIpc) is 2.74. The van der Waals surface area contributed by atoms with Crippen LogP contribution in [0.4, 0.5) is 0 Å². The fourth-order valence-electron chi connectivity index (χ4n) is 1.52. The van der Waals surface area contributed by atoms with Crippen LogP contribution in [0.1, 0.15) is 30.3 Å². The number of esters is 1.